The van der Waals surface area contributed by atoms with Gasteiger partial charge in [-0.3, -0.25) is 0 Å². The predicted molar refractivity (Wildman–Crippen MR) is 159 cm³/mol. The monoisotopic (exact) mass is 538 g/mol. The summed E-state index contributed by atoms with van der Waals surface area (Å²) in [5, 5.41) is 4.70. The molecule has 0 radical (unpaired) electrons. The number of aromatic nitrogens is 3. The molecule has 0 fully saturated rings. The van der Waals surface area contributed by atoms with E-state index in [2.05, 4.69) is 34.3 Å². The first-order valence-electron chi connectivity index (χ1n) is 13.4. The number of hydrogen-bond acceptors (Lipinski definition) is 6. The van der Waals surface area contributed by atoms with Crippen LogP contribution in [0.2, 0.25) is 0 Å². The number of aryl methyl sites for hydroxylation is 1. The van der Waals surface area contributed by atoms with Gasteiger partial charge < -0.3 is 21.1 Å². The highest BCUT2D eigenvalue weighted by molar-refractivity contribution is 5.94. The van der Waals surface area contributed by atoms with Crippen molar-refractivity contribution in [2.24, 2.45) is 0 Å². The number of ether oxygens (including phenoxy) is 1. The number of nitrogen functional groups attached to an aromatic ring is 2. The van der Waals surface area contributed by atoms with E-state index in [0.29, 0.717) is 43.4 Å². The van der Waals surface area contributed by atoms with Crippen LogP contribution in [0.1, 0.15) is 49.8 Å². The van der Waals surface area contributed by atoms with Crippen molar-refractivity contribution in [3.05, 3.63) is 83.3 Å². The number of carbonyl (C=O) groups is 1. The van der Waals surface area contributed by atoms with Crippen molar-refractivity contribution in [2.75, 3.05) is 24.6 Å². The number of benzene rings is 2. The van der Waals surface area contributed by atoms with Gasteiger partial charge in [0.25, 0.3) is 0 Å². The van der Waals surface area contributed by atoms with Crippen molar-refractivity contribution < 1.29 is 14.5 Å². The smallest absolute Gasteiger partial charge is 0.410 e. The van der Waals surface area contributed by atoms with Gasteiger partial charge >= 0.3 is 6.09 Å². The minimum Gasteiger partial charge on any atom is -0.444 e. The van der Waals surface area contributed by atoms with E-state index in [1.54, 1.807) is 4.90 Å². The Morgan fingerprint density at radius 1 is 1.12 bits per heavy atom. The minimum atomic E-state index is -0.535. The first-order valence-corrected chi connectivity index (χ1v) is 13.4. The summed E-state index contributed by atoms with van der Waals surface area (Å²) in [5.41, 5.74) is 19.7. The van der Waals surface area contributed by atoms with E-state index in [1.165, 1.54) is 5.56 Å². The topological polar surface area (TPSA) is 126 Å². The van der Waals surface area contributed by atoms with E-state index in [9.17, 15) is 4.79 Å². The summed E-state index contributed by atoms with van der Waals surface area (Å²) in [4.78, 5) is 22.0. The normalized spacial score (nSPS) is 14.1. The van der Waals surface area contributed by atoms with Gasteiger partial charge in [0.15, 0.2) is 18.6 Å². The molecule has 0 spiro atoms. The highest BCUT2D eigenvalue weighted by Gasteiger charge is 2.26. The fourth-order valence-electron chi connectivity index (χ4n) is 4.84. The molecular formula is C31H36N7O2+. The standard InChI is InChI=1S/C31H35N7O2/c1-20-35-29(33)28-25(23-10-11-24(26(32)16-23)19-34-18-21-8-6-5-7-9-21)17-27(38(28)36-20)22-12-14-37(15-13-22)30(39)40-31(2,3)4/h5-12,16-17,19H,13-15,18,32H2,1-4H3,(H2,33,35,36)/p+1. The molecule has 3 heterocycles. The molecule has 9 heteroatoms. The van der Waals surface area contributed by atoms with E-state index in [4.69, 9.17) is 21.3 Å². The second-order valence-corrected chi connectivity index (χ2v) is 11.0. The molecule has 0 bridgehead atoms. The summed E-state index contributed by atoms with van der Waals surface area (Å²) in [6.45, 7) is 9.16. The zero-order chi connectivity index (χ0) is 28.4. The Hall–Kier alpha value is -4.66. The lowest BCUT2D eigenvalue weighted by molar-refractivity contribution is -0.469. The lowest BCUT2D eigenvalue weighted by atomic mass is 10.0. The maximum atomic E-state index is 12.6. The molecule has 1 amide bonds. The van der Waals surface area contributed by atoms with Crippen LogP contribution in [0.25, 0.3) is 22.2 Å². The summed E-state index contributed by atoms with van der Waals surface area (Å²) in [6, 6.07) is 18.3. The van der Waals surface area contributed by atoms with Crippen LogP contribution in [0.4, 0.5) is 16.3 Å². The van der Waals surface area contributed by atoms with Gasteiger partial charge in [0.1, 0.15) is 16.9 Å². The highest BCUT2D eigenvalue weighted by Crippen LogP contribution is 2.36. The Kier molecular flexibility index (Phi) is 7.30. The first kappa shape index (κ1) is 26.9. The molecule has 5 N–H and O–H groups in total. The quantitative estimate of drug-likeness (QED) is 0.263. The van der Waals surface area contributed by atoms with Crippen LogP contribution >= 0.6 is 0 Å². The van der Waals surface area contributed by atoms with Gasteiger partial charge in [-0.05, 0) is 63.5 Å². The van der Waals surface area contributed by atoms with Crippen LogP contribution in [-0.2, 0) is 11.3 Å². The maximum absolute atomic E-state index is 12.6. The Morgan fingerprint density at radius 3 is 2.58 bits per heavy atom. The van der Waals surface area contributed by atoms with E-state index in [1.807, 2.05) is 74.8 Å². The van der Waals surface area contributed by atoms with Crippen LogP contribution in [0.15, 0.2) is 60.7 Å². The van der Waals surface area contributed by atoms with Gasteiger partial charge in [-0.1, -0.05) is 42.5 Å². The SMILES string of the molecule is Cc1nc(N)c2c(-c3ccc(C=[NH+]Cc4ccccc4)c(N)c3)cc(C3=CCN(C(=O)OC(C)(C)C)CC3)n2n1. The number of hydrogen-bond donors (Lipinski definition) is 3. The molecule has 5 rings (SSSR count). The molecule has 0 atom stereocenters. The van der Waals surface area contributed by atoms with Crippen LogP contribution < -0.4 is 16.5 Å². The summed E-state index contributed by atoms with van der Waals surface area (Å²) in [6.07, 6.45) is 4.34. The van der Waals surface area contributed by atoms with Crippen molar-refractivity contribution >= 4 is 34.9 Å². The van der Waals surface area contributed by atoms with E-state index in [-0.39, 0.29) is 6.09 Å². The molecule has 2 aromatic heterocycles. The van der Waals surface area contributed by atoms with Gasteiger partial charge in [0.2, 0.25) is 0 Å². The lowest BCUT2D eigenvalue weighted by Crippen LogP contribution is -2.67. The van der Waals surface area contributed by atoms with E-state index >= 15 is 0 Å². The van der Waals surface area contributed by atoms with E-state index in [0.717, 1.165) is 33.5 Å². The fraction of sp³-hybridized carbons (Fsp3) is 0.290. The molecule has 2 aromatic carbocycles. The lowest BCUT2D eigenvalue weighted by Gasteiger charge is -2.29. The number of amides is 1. The molecule has 0 saturated carbocycles. The summed E-state index contributed by atoms with van der Waals surface area (Å²) >= 11 is 0. The predicted octanol–water partition coefficient (Wildman–Crippen LogP) is 3.59. The number of nitrogens with one attached hydrogen (secondary N) is 1. The van der Waals surface area contributed by atoms with Gasteiger partial charge in [-0.15, -0.1) is 0 Å². The fourth-order valence-corrected chi connectivity index (χ4v) is 4.84. The van der Waals surface area contributed by atoms with Crippen LogP contribution in [-0.4, -0.2) is 50.5 Å². The number of rotatable bonds is 5. The first-order chi connectivity index (χ1) is 19.1. The van der Waals surface area contributed by atoms with Crippen LogP contribution in [0.3, 0.4) is 0 Å². The average Bonchev–Trinajstić information content (AvgIpc) is 3.29. The van der Waals surface area contributed by atoms with Crippen molar-refractivity contribution in [1.29, 1.82) is 0 Å². The summed E-state index contributed by atoms with van der Waals surface area (Å²) in [5.74, 6) is 0.980. The van der Waals surface area contributed by atoms with Gasteiger partial charge in [-0.2, -0.15) is 5.10 Å². The zero-order valence-corrected chi connectivity index (χ0v) is 23.4. The van der Waals surface area contributed by atoms with E-state index < -0.39 is 5.60 Å². The maximum Gasteiger partial charge on any atom is 0.410 e. The van der Waals surface area contributed by atoms with Crippen molar-refractivity contribution in [1.82, 2.24) is 19.5 Å². The zero-order valence-electron chi connectivity index (χ0n) is 23.4. The number of nitrogens with zero attached hydrogens (tertiary/aromatic N) is 4. The van der Waals surface area contributed by atoms with Crippen molar-refractivity contribution in [3.8, 4) is 11.1 Å². The molecule has 206 valence electrons. The molecule has 0 aliphatic carbocycles. The summed E-state index contributed by atoms with van der Waals surface area (Å²) < 4.78 is 7.41. The minimum absolute atomic E-state index is 0.309. The molecule has 4 aromatic rings. The van der Waals surface area contributed by atoms with Crippen LogP contribution in [0, 0.1) is 6.92 Å². The molecule has 0 saturated heterocycles. The Bertz CT molecular complexity index is 1610. The Labute approximate surface area is 234 Å². The third kappa shape index (κ3) is 5.83. The number of nitrogens with two attached hydrogens (primary N) is 2. The number of carbonyl (C=O) groups excluding carboxylic acids is 1. The van der Waals surface area contributed by atoms with Crippen LogP contribution in [0.5, 0.6) is 0 Å². The van der Waals surface area contributed by atoms with Gasteiger partial charge in [0, 0.05) is 29.9 Å². The molecule has 1 aliphatic heterocycles. The van der Waals surface area contributed by atoms with Crippen molar-refractivity contribution in [3.63, 3.8) is 0 Å². The third-order valence-corrected chi connectivity index (χ3v) is 6.74. The molecular weight excluding hydrogens is 502 g/mol. The molecule has 9 nitrogen and oxygen atoms in total. The van der Waals surface area contributed by atoms with Crippen molar-refractivity contribution in [2.45, 2.75) is 46.3 Å². The average molecular weight is 539 g/mol. The Morgan fingerprint density at radius 2 is 1.90 bits per heavy atom. The molecule has 1 aliphatic rings. The van der Waals surface area contributed by atoms with Gasteiger partial charge in [-0.25, -0.2) is 19.3 Å². The molecule has 0 unspecified atom stereocenters. The highest BCUT2D eigenvalue weighted by atomic mass is 16.6. The number of anilines is 2. The summed E-state index contributed by atoms with van der Waals surface area (Å²) in [7, 11) is 0. The second-order valence-electron chi connectivity index (χ2n) is 11.0. The van der Waals surface area contributed by atoms with Gasteiger partial charge in [0.05, 0.1) is 11.3 Å². The Balaban J connectivity index is 1.45. The third-order valence-electron chi connectivity index (χ3n) is 6.74. The second kappa shape index (κ2) is 10.8. The number of fused-ring (bicyclic) bond motifs is 1. The largest absolute Gasteiger partial charge is 0.444 e. The molecule has 40 heavy (non-hydrogen) atoms.